The zero-order valence-electron chi connectivity index (χ0n) is 20.3. The van der Waals surface area contributed by atoms with Crippen LogP contribution in [0.5, 0.6) is 5.75 Å². The molecule has 0 aliphatic carbocycles. The first-order valence-electron chi connectivity index (χ1n) is 11.3. The summed E-state index contributed by atoms with van der Waals surface area (Å²) in [5.41, 5.74) is 3.22. The lowest BCUT2D eigenvalue weighted by atomic mass is 9.88. The Morgan fingerprint density at radius 1 is 1.09 bits per heavy atom. The number of rotatable bonds is 6. The SMILES string of the molecule is CNc1nc(Nc2ccc(-n3cnc(C)n3)c(OC)c2)nc2c1C(C)(C)CN2c1ccc(F)cc1. The van der Waals surface area contributed by atoms with Crippen LogP contribution in [0.4, 0.5) is 33.3 Å². The molecule has 0 saturated heterocycles. The summed E-state index contributed by atoms with van der Waals surface area (Å²) in [4.78, 5) is 15.9. The Balaban J connectivity index is 1.53. The highest BCUT2D eigenvalue weighted by Gasteiger charge is 2.40. The lowest BCUT2D eigenvalue weighted by Crippen LogP contribution is -2.25. The number of aromatic nitrogens is 5. The molecule has 0 bridgehead atoms. The first kappa shape index (κ1) is 22.6. The first-order chi connectivity index (χ1) is 16.8. The number of fused-ring (bicyclic) bond motifs is 1. The van der Waals surface area contributed by atoms with Crippen LogP contribution in [-0.4, -0.2) is 45.4 Å². The molecular weight excluding hydrogens is 447 g/mol. The van der Waals surface area contributed by atoms with Crippen LogP contribution in [0.3, 0.4) is 0 Å². The normalized spacial score (nSPS) is 14.1. The van der Waals surface area contributed by atoms with Crippen LogP contribution in [-0.2, 0) is 5.41 Å². The molecule has 0 fully saturated rings. The Morgan fingerprint density at radius 2 is 1.86 bits per heavy atom. The minimum atomic E-state index is -0.271. The third kappa shape index (κ3) is 4.11. The van der Waals surface area contributed by atoms with Crippen molar-refractivity contribution in [3.8, 4) is 11.4 Å². The van der Waals surface area contributed by atoms with Gasteiger partial charge in [0.25, 0.3) is 0 Å². The highest BCUT2D eigenvalue weighted by molar-refractivity contribution is 5.76. The number of hydrogen-bond donors (Lipinski definition) is 2. The van der Waals surface area contributed by atoms with Crippen molar-refractivity contribution < 1.29 is 9.13 Å². The second-order valence-corrected chi connectivity index (χ2v) is 9.04. The highest BCUT2D eigenvalue weighted by Crippen LogP contribution is 2.46. The second-order valence-electron chi connectivity index (χ2n) is 9.04. The van der Waals surface area contributed by atoms with E-state index in [2.05, 4.69) is 39.5 Å². The smallest absolute Gasteiger partial charge is 0.231 e. The predicted molar refractivity (Wildman–Crippen MR) is 134 cm³/mol. The summed E-state index contributed by atoms with van der Waals surface area (Å²) in [7, 11) is 3.46. The van der Waals surface area contributed by atoms with E-state index in [0.717, 1.165) is 34.3 Å². The van der Waals surface area contributed by atoms with Crippen molar-refractivity contribution in [2.45, 2.75) is 26.2 Å². The van der Waals surface area contributed by atoms with Crippen LogP contribution in [0.2, 0.25) is 0 Å². The van der Waals surface area contributed by atoms with Crippen molar-refractivity contribution in [3.63, 3.8) is 0 Å². The van der Waals surface area contributed by atoms with Gasteiger partial charge in [0.05, 0.1) is 7.11 Å². The van der Waals surface area contributed by atoms with Gasteiger partial charge in [-0.3, -0.25) is 0 Å². The van der Waals surface area contributed by atoms with Crippen molar-refractivity contribution in [3.05, 3.63) is 66.0 Å². The van der Waals surface area contributed by atoms with Gasteiger partial charge in [-0.2, -0.15) is 15.1 Å². The Labute approximate surface area is 203 Å². The molecule has 9 nitrogen and oxygen atoms in total. The molecule has 4 aromatic rings. The van der Waals surface area contributed by atoms with Gasteiger partial charge >= 0.3 is 0 Å². The fraction of sp³-hybridized carbons (Fsp3) is 0.280. The topological polar surface area (TPSA) is 93.0 Å². The summed E-state index contributed by atoms with van der Waals surface area (Å²) in [6, 6.07) is 12.1. The number of nitrogens with one attached hydrogen (secondary N) is 2. The monoisotopic (exact) mass is 474 g/mol. The number of benzene rings is 2. The largest absolute Gasteiger partial charge is 0.494 e. The number of halogens is 1. The molecule has 2 aromatic heterocycles. The number of methoxy groups -OCH3 is 1. The van der Waals surface area contributed by atoms with Gasteiger partial charge in [-0.1, -0.05) is 13.8 Å². The van der Waals surface area contributed by atoms with E-state index in [1.807, 2.05) is 32.2 Å². The predicted octanol–water partition coefficient (Wildman–Crippen LogP) is 4.73. The standard InChI is InChI=1S/C25H27FN8O/c1-15-28-14-34(32-15)19-11-8-17(12-20(19)35-5)29-24-30-22(27-4)21-23(31-24)33(13-25(21,2)3)18-9-6-16(26)7-10-18/h6-12,14H,13H2,1-5H3,(H2,27,29,30,31). The number of anilines is 5. The Bertz CT molecular complexity index is 1380. The van der Waals surface area contributed by atoms with Gasteiger partial charge < -0.3 is 20.3 Å². The van der Waals surface area contributed by atoms with Gasteiger partial charge in [-0.15, -0.1) is 0 Å². The third-order valence-electron chi connectivity index (χ3n) is 6.04. The fourth-order valence-electron chi connectivity index (χ4n) is 4.42. The summed E-state index contributed by atoms with van der Waals surface area (Å²) in [6.07, 6.45) is 1.65. The van der Waals surface area contributed by atoms with E-state index in [1.165, 1.54) is 12.1 Å². The highest BCUT2D eigenvalue weighted by atomic mass is 19.1. The first-order valence-corrected chi connectivity index (χ1v) is 11.3. The van der Waals surface area contributed by atoms with E-state index in [0.29, 0.717) is 24.1 Å². The van der Waals surface area contributed by atoms with Crippen molar-refractivity contribution in [1.82, 2.24) is 24.7 Å². The fourth-order valence-corrected chi connectivity index (χ4v) is 4.42. The average molecular weight is 475 g/mol. The van der Waals surface area contributed by atoms with Crippen molar-refractivity contribution in [1.29, 1.82) is 0 Å². The van der Waals surface area contributed by atoms with Crippen molar-refractivity contribution >= 4 is 29.0 Å². The molecule has 5 rings (SSSR count). The quantitative estimate of drug-likeness (QED) is 0.414. The lowest BCUT2D eigenvalue weighted by Gasteiger charge is -2.21. The van der Waals surface area contributed by atoms with E-state index in [9.17, 15) is 4.39 Å². The third-order valence-corrected chi connectivity index (χ3v) is 6.04. The molecule has 180 valence electrons. The van der Waals surface area contributed by atoms with Gasteiger partial charge in [0.1, 0.15) is 41.0 Å². The van der Waals surface area contributed by atoms with Crippen LogP contribution in [0.15, 0.2) is 48.8 Å². The molecule has 10 heteroatoms. The zero-order chi connectivity index (χ0) is 24.7. The summed E-state index contributed by atoms with van der Waals surface area (Å²) >= 11 is 0. The van der Waals surface area contributed by atoms with E-state index < -0.39 is 0 Å². The van der Waals surface area contributed by atoms with Crippen molar-refractivity contribution in [2.24, 2.45) is 0 Å². The van der Waals surface area contributed by atoms with Crippen LogP contribution < -0.4 is 20.3 Å². The zero-order valence-corrected chi connectivity index (χ0v) is 20.3. The van der Waals surface area contributed by atoms with Gasteiger partial charge in [-0.05, 0) is 43.3 Å². The average Bonchev–Trinajstić information content (AvgIpc) is 3.39. The van der Waals surface area contributed by atoms with Gasteiger partial charge in [0, 0.05) is 42.0 Å². The van der Waals surface area contributed by atoms with E-state index in [4.69, 9.17) is 14.7 Å². The molecule has 35 heavy (non-hydrogen) atoms. The number of aryl methyl sites for hydroxylation is 1. The molecule has 0 atom stereocenters. The molecule has 3 heterocycles. The molecule has 0 amide bonds. The number of nitrogens with zero attached hydrogens (tertiary/aromatic N) is 6. The molecule has 2 N–H and O–H groups in total. The Hall–Kier alpha value is -4.21. The minimum absolute atomic E-state index is 0.207. The van der Waals surface area contributed by atoms with Crippen LogP contribution >= 0.6 is 0 Å². The van der Waals surface area contributed by atoms with Crippen molar-refractivity contribution in [2.75, 3.05) is 36.2 Å². The molecular formula is C25H27FN8O. The molecule has 2 aromatic carbocycles. The van der Waals surface area contributed by atoms with E-state index in [-0.39, 0.29) is 11.2 Å². The van der Waals surface area contributed by atoms with E-state index in [1.54, 1.807) is 30.3 Å². The Kier molecular flexibility index (Phi) is 5.50. The van der Waals surface area contributed by atoms with E-state index >= 15 is 0 Å². The van der Waals surface area contributed by atoms with Gasteiger partial charge in [-0.25, -0.2) is 14.1 Å². The molecule has 0 radical (unpaired) electrons. The van der Waals surface area contributed by atoms with Crippen LogP contribution in [0, 0.1) is 12.7 Å². The molecule has 0 saturated carbocycles. The molecule has 0 unspecified atom stereocenters. The van der Waals surface area contributed by atoms with Gasteiger partial charge in [0.2, 0.25) is 5.95 Å². The maximum absolute atomic E-state index is 13.6. The van der Waals surface area contributed by atoms with Crippen LogP contribution in [0.25, 0.3) is 5.69 Å². The number of hydrogen-bond acceptors (Lipinski definition) is 8. The lowest BCUT2D eigenvalue weighted by molar-refractivity contribution is 0.412. The maximum atomic E-state index is 13.6. The second kappa shape index (κ2) is 8.53. The van der Waals surface area contributed by atoms with Gasteiger partial charge in [0.15, 0.2) is 0 Å². The summed E-state index contributed by atoms with van der Waals surface area (Å²) < 4.78 is 20.8. The minimum Gasteiger partial charge on any atom is -0.494 e. The maximum Gasteiger partial charge on any atom is 0.231 e. The molecule has 1 aliphatic heterocycles. The summed E-state index contributed by atoms with van der Waals surface area (Å²) in [5, 5.41) is 10.9. The van der Waals surface area contributed by atoms with Crippen LogP contribution in [0.1, 0.15) is 25.2 Å². The molecule has 1 aliphatic rings. The summed E-state index contributed by atoms with van der Waals surface area (Å²) in [6.45, 7) is 6.84. The Morgan fingerprint density at radius 3 is 2.51 bits per heavy atom. The number of ether oxygens (including phenoxy) is 1. The summed E-state index contributed by atoms with van der Waals surface area (Å²) in [5.74, 6) is 2.99. The molecule has 0 spiro atoms.